The van der Waals surface area contributed by atoms with Crippen LogP contribution in [-0.2, 0) is 9.53 Å². The Morgan fingerprint density at radius 3 is 2.68 bits per heavy atom. The number of anilines is 1. The Morgan fingerprint density at radius 2 is 2.11 bits per heavy atom. The maximum Gasteiger partial charge on any atom is 0.336 e. The molecule has 0 heterocycles. The second-order valence-electron chi connectivity index (χ2n) is 4.41. The van der Waals surface area contributed by atoms with Crippen molar-refractivity contribution in [1.82, 2.24) is 0 Å². The number of hydrogen-bond acceptors (Lipinski definition) is 3. The van der Waals surface area contributed by atoms with Gasteiger partial charge in [-0.3, -0.25) is 4.79 Å². The first-order valence-electron chi connectivity index (χ1n) is 6.19. The summed E-state index contributed by atoms with van der Waals surface area (Å²) in [6.07, 6.45) is 0.861. The molecule has 1 unspecified atom stereocenters. The summed E-state index contributed by atoms with van der Waals surface area (Å²) >= 11 is 0. The van der Waals surface area contributed by atoms with Crippen LogP contribution in [0.25, 0.3) is 0 Å². The first-order chi connectivity index (χ1) is 8.93. The second kappa shape index (κ2) is 6.89. The van der Waals surface area contributed by atoms with Crippen molar-refractivity contribution < 1.29 is 19.4 Å². The molecule has 0 aromatic heterocycles. The van der Waals surface area contributed by atoms with E-state index in [0.29, 0.717) is 11.3 Å². The van der Waals surface area contributed by atoms with Crippen molar-refractivity contribution in [3.05, 3.63) is 29.3 Å². The summed E-state index contributed by atoms with van der Waals surface area (Å²) in [4.78, 5) is 22.6. The van der Waals surface area contributed by atoms with Gasteiger partial charge in [0, 0.05) is 5.69 Å². The number of carbonyl (C=O) groups excluding carboxylic acids is 1. The van der Waals surface area contributed by atoms with Crippen molar-refractivity contribution in [2.24, 2.45) is 0 Å². The molecule has 0 radical (unpaired) electrons. The van der Waals surface area contributed by atoms with Crippen LogP contribution in [0.2, 0.25) is 0 Å². The minimum absolute atomic E-state index is 0.0262. The van der Waals surface area contributed by atoms with Gasteiger partial charge in [0.15, 0.2) is 0 Å². The number of ether oxygens (including phenoxy) is 1. The van der Waals surface area contributed by atoms with E-state index in [1.54, 1.807) is 19.1 Å². The molecule has 0 aliphatic heterocycles. The van der Waals surface area contributed by atoms with E-state index in [9.17, 15) is 9.59 Å². The lowest BCUT2D eigenvalue weighted by atomic mass is 10.1. The zero-order valence-corrected chi connectivity index (χ0v) is 11.4. The zero-order valence-electron chi connectivity index (χ0n) is 11.4. The Labute approximate surface area is 112 Å². The van der Waals surface area contributed by atoms with Gasteiger partial charge in [-0.2, -0.15) is 0 Å². The van der Waals surface area contributed by atoms with Crippen molar-refractivity contribution in [2.45, 2.75) is 33.3 Å². The number of carboxylic acid groups (broad SMARTS) is 1. The second-order valence-corrected chi connectivity index (χ2v) is 4.41. The maximum atomic E-state index is 11.6. The predicted molar refractivity (Wildman–Crippen MR) is 72.5 cm³/mol. The predicted octanol–water partition coefficient (Wildman–Crippen LogP) is 2.45. The van der Waals surface area contributed by atoms with Gasteiger partial charge in [0.05, 0.1) is 11.7 Å². The Morgan fingerprint density at radius 1 is 1.42 bits per heavy atom. The summed E-state index contributed by atoms with van der Waals surface area (Å²) in [6, 6.07) is 4.77. The van der Waals surface area contributed by atoms with Gasteiger partial charge in [0.1, 0.15) is 6.61 Å². The van der Waals surface area contributed by atoms with Crippen molar-refractivity contribution in [3.8, 4) is 0 Å². The standard InChI is InChI=1S/C14H19NO4/c1-4-10(3)19-8-13(16)15-11-6-5-9(2)12(7-11)14(17)18/h5-7,10H,4,8H2,1-3H3,(H,15,16)(H,17,18). The number of aromatic carboxylic acids is 1. The highest BCUT2D eigenvalue weighted by molar-refractivity contribution is 5.95. The van der Waals surface area contributed by atoms with Crippen LogP contribution in [0.1, 0.15) is 36.2 Å². The van der Waals surface area contributed by atoms with E-state index in [1.165, 1.54) is 6.07 Å². The number of aryl methyl sites for hydroxylation is 1. The van der Waals surface area contributed by atoms with Gasteiger partial charge in [0.25, 0.3) is 0 Å². The topological polar surface area (TPSA) is 75.6 Å². The van der Waals surface area contributed by atoms with Crippen molar-refractivity contribution >= 4 is 17.6 Å². The zero-order chi connectivity index (χ0) is 14.4. The van der Waals surface area contributed by atoms with E-state index >= 15 is 0 Å². The van der Waals surface area contributed by atoms with E-state index in [-0.39, 0.29) is 24.2 Å². The van der Waals surface area contributed by atoms with Crippen LogP contribution in [0.3, 0.4) is 0 Å². The lowest BCUT2D eigenvalue weighted by molar-refractivity contribution is -0.122. The normalized spacial score (nSPS) is 11.9. The number of hydrogen-bond donors (Lipinski definition) is 2. The van der Waals surface area contributed by atoms with Gasteiger partial charge in [-0.15, -0.1) is 0 Å². The van der Waals surface area contributed by atoms with Crippen molar-refractivity contribution in [1.29, 1.82) is 0 Å². The summed E-state index contributed by atoms with van der Waals surface area (Å²) in [5.74, 6) is -1.30. The molecule has 2 N–H and O–H groups in total. The summed E-state index contributed by atoms with van der Waals surface area (Å²) in [5, 5.41) is 11.6. The van der Waals surface area contributed by atoms with Gasteiger partial charge in [-0.05, 0) is 38.0 Å². The third kappa shape index (κ3) is 4.71. The minimum atomic E-state index is -1.01. The molecule has 0 saturated heterocycles. The number of nitrogens with one attached hydrogen (secondary N) is 1. The van der Waals surface area contributed by atoms with Crippen LogP contribution < -0.4 is 5.32 Å². The Hall–Kier alpha value is -1.88. The first-order valence-corrected chi connectivity index (χ1v) is 6.19. The van der Waals surface area contributed by atoms with Crippen LogP contribution in [0.15, 0.2) is 18.2 Å². The van der Waals surface area contributed by atoms with E-state index in [1.807, 2.05) is 13.8 Å². The number of amides is 1. The lowest BCUT2D eigenvalue weighted by Crippen LogP contribution is -2.21. The highest BCUT2D eigenvalue weighted by Crippen LogP contribution is 2.15. The van der Waals surface area contributed by atoms with Crippen LogP contribution in [0.4, 0.5) is 5.69 Å². The van der Waals surface area contributed by atoms with Gasteiger partial charge in [0.2, 0.25) is 5.91 Å². The molecule has 0 bridgehead atoms. The number of carboxylic acids is 1. The maximum absolute atomic E-state index is 11.6. The number of benzene rings is 1. The molecular formula is C14H19NO4. The van der Waals surface area contributed by atoms with Gasteiger partial charge >= 0.3 is 5.97 Å². The number of rotatable bonds is 6. The molecule has 5 heteroatoms. The molecule has 1 atom stereocenters. The fourth-order valence-corrected chi connectivity index (χ4v) is 1.46. The average molecular weight is 265 g/mol. The largest absolute Gasteiger partial charge is 0.478 e. The third-order valence-electron chi connectivity index (χ3n) is 2.83. The average Bonchev–Trinajstić information content (AvgIpc) is 2.37. The smallest absolute Gasteiger partial charge is 0.336 e. The van der Waals surface area contributed by atoms with Crippen LogP contribution >= 0.6 is 0 Å². The fraction of sp³-hybridized carbons (Fsp3) is 0.429. The monoisotopic (exact) mass is 265 g/mol. The fourth-order valence-electron chi connectivity index (χ4n) is 1.46. The molecule has 0 fully saturated rings. The van der Waals surface area contributed by atoms with Crippen LogP contribution in [0, 0.1) is 6.92 Å². The molecular weight excluding hydrogens is 246 g/mol. The van der Waals surface area contributed by atoms with E-state index in [4.69, 9.17) is 9.84 Å². The molecule has 104 valence electrons. The molecule has 5 nitrogen and oxygen atoms in total. The van der Waals surface area contributed by atoms with Crippen LogP contribution in [0.5, 0.6) is 0 Å². The van der Waals surface area contributed by atoms with Gasteiger partial charge < -0.3 is 15.2 Å². The first kappa shape index (κ1) is 15.2. The molecule has 1 aromatic rings. The lowest BCUT2D eigenvalue weighted by Gasteiger charge is -2.11. The van der Waals surface area contributed by atoms with Crippen molar-refractivity contribution in [3.63, 3.8) is 0 Å². The van der Waals surface area contributed by atoms with E-state index in [2.05, 4.69) is 5.32 Å². The summed E-state index contributed by atoms with van der Waals surface area (Å²) in [7, 11) is 0. The highest BCUT2D eigenvalue weighted by atomic mass is 16.5. The third-order valence-corrected chi connectivity index (χ3v) is 2.83. The molecule has 0 spiro atoms. The van der Waals surface area contributed by atoms with E-state index < -0.39 is 5.97 Å². The molecule has 1 amide bonds. The quantitative estimate of drug-likeness (QED) is 0.828. The summed E-state index contributed by atoms with van der Waals surface area (Å²) in [6.45, 7) is 5.54. The highest BCUT2D eigenvalue weighted by Gasteiger charge is 2.10. The molecule has 0 aliphatic rings. The van der Waals surface area contributed by atoms with E-state index in [0.717, 1.165) is 6.42 Å². The number of carbonyl (C=O) groups is 2. The molecule has 0 saturated carbocycles. The SMILES string of the molecule is CCC(C)OCC(=O)Nc1ccc(C)c(C(=O)O)c1. The molecule has 1 rings (SSSR count). The molecule has 19 heavy (non-hydrogen) atoms. The minimum Gasteiger partial charge on any atom is -0.478 e. The summed E-state index contributed by atoms with van der Waals surface area (Å²) in [5.41, 5.74) is 1.29. The molecule has 1 aromatic carbocycles. The summed E-state index contributed by atoms with van der Waals surface area (Å²) < 4.78 is 5.30. The van der Waals surface area contributed by atoms with Crippen LogP contribution in [-0.4, -0.2) is 29.7 Å². The van der Waals surface area contributed by atoms with Crippen molar-refractivity contribution in [2.75, 3.05) is 11.9 Å². The van der Waals surface area contributed by atoms with Gasteiger partial charge in [-0.1, -0.05) is 13.0 Å². The Balaban J connectivity index is 2.64. The van der Waals surface area contributed by atoms with Gasteiger partial charge in [-0.25, -0.2) is 4.79 Å². The molecule has 0 aliphatic carbocycles. The Bertz CT molecular complexity index is 471. The Kier molecular flexibility index (Phi) is 5.51.